The highest BCUT2D eigenvalue weighted by molar-refractivity contribution is 5.94. The molecule has 6 nitrogen and oxygen atoms in total. The minimum absolute atomic E-state index is 0.0500. The van der Waals surface area contributed by atoms with Crippen molar-refractivity contribution in [1.29, 1.82) is 0 Å². The number of nitrogens with one attached hydrogen (secondary N) is 3. The molecule has 2 aliphatic heterocycles. The number of ether oxygens (including phenoxy) is 1. The Bertz CT molecular complexity index is 855. The van der Waals surface area contributed by atoms with E-state index < -0.39 is 0 Å². The van der Waals surface area contributed by atoms with Gasteiger partial charge in [0.05, 0.1) is 13.1 Å². The standard InChI is InChI=1S/C22H26N4O2/c1-2-23-22(25-14-17-11-15-7-3-6-10-20(15)28-17)24-13-16-12-21(27)26-19-9-5-4-8-18(16)19/h3-10,16-17H,2,11-14H2,1H3,(H,26,27)(H2,23,24,25). The number of para-hydroxylation sites is 2. The van der Waals surface area contributed by atoms with Crippen LogP contribution in [0, 0.1) is 0 Å². The van der Waals surface area contributed by atoms with Gasteiger partial charge in [0.2, 0.25) is 5.91 Å². The molecule has 2 aromatic rings. The highest BCUT2D eigenvalue weighted by atomic mass is 16.5. The predicted octanol–water partition coefficient (Wildman–Crippen LogP) is 2.67. The summed E-state index contributed by atoms with van der Waals surface area (Å²) in [6.07, 6.45) is 1.46. The van der Waals surface area contributed by atoms with Gasteiger partial charge in [-0.3, -0.25) is 9.79 Å². The third-order valence-corrected chi connectivity index (χ3v) is 5.13. The van der Waals surface area contributed by atoms with E-state index in [1.165, 1.54) is 5.56 Å². The monoisotopic (exact) mass is 378 g/mol. The highest BCUT2D eigenvalue weighted by Crippen LogP contribution is 2.32. The van der Waals surface area contributed by atoms with Crippen molar-refractivity contribution in [2.45, 2.75) is 31.8 Å². The van der Waals surface area contributed by atoms with E-state index in [0.29, 0.717) is 19.5 Å². The smallest absolute Gasteiger partial charge is 0.225 e. The van der Waals surface area contributed by atoms with Gasteiger partial charge >= 0.3 is 0 Å². The number of aliphatic imine (C=N–C) groups is 1. The Hall–Kier alpha value is -3.02. The second-order valence-corrected chi connectivity index (χ2v) is 7.19. The number of hydrogen-bond acceptors (Lipinski definition) is 3. The molecule has 0 spiro atoms. The Kier molecular flexibility index (Phi) is 5.46. The van der Waals surface area contributed by atoms with Gasteiger partial charge in [0, 0.05) is 31.0 Å². The van der Waals surface area contributed by atoms with Crippen molar-refractivity contribution in [2.24, 2.45) is 4.99 Å². The quantitative estimate of drug-likeness (QED) is 0.552. The average molecular weight is 378 g/mol. The summed E-state index contributed by atoms with van der Waals surface area (Å²) < 4.78 is 5.99. The molecule has 28 heavy (non-hydrogen) atoms. The maximum atomic E-state index is 12.0. The second-order valence-electron chi connectivity index (χ2n) is 7.19. The first-order chi connectivity index (χ1) is 13.7. The van der Waals surface area contributed by atoms with Gasteiger partial charge in [-0.15, -0.1) is 0 Å². The van der Waals surface area contributed by atoms with Gasteiger partial charge in [-0.1, -0.05) is 36.4 Å². The highest BCUT2D eigenvalue weighted by Gasteiger charge is 2.25. The van der Waals surface area contributed by atoms with E-state index in [2.05, 4.69) is 28.1 Å². The molecule has 0 fully saturated rings. The summed E-state index contributed by atoms with van der Waals surface area (Å²) in [5.41, 5.74) is 3.30. The van der Waals surface area contributed by atoms with Crippen molar-refractivity contribution in [1.82, 2.24) is 10.6 Å². The van der Waals surface area contributed by atoms with Crippen LogP contribution in [0.25, 0.3) is 0 Å². The fourth-order valence-electron chi connectivity index (χ4n) is 3.79. The summed E-state index contributed by atoms with van der Waals surface area (Å²) in [5, 5.41) is 9.61. The number of rotatable bonds is 5. The molecule has 4 rings (SSSR count). The maximum absolute atomic E-state index is 12.0. The zero-order valence-electron chi connectivity index (χ0n) is 16.1. The van der Waals surface area contributed by atoms with Crippen LogP contribution in [0.2, 0.25) is 0 Å². The van der Waals surface area contributed by atoms with Crippen LogP contribution < -0.4 is 20.7 Å². The van der Waals surface area contributed by atoms with Gasteiger partial charge in [-0.05, 0) is 30.2 Å². The Morgan fingerprint density at radius 1 is 1.14 bits per heavy atom. The molecule has 2 unspecified atom stereocenters. The van der Waals surface area contributed by atoms with Gasteiger partial charge in [0.1, 0.15) is 11.9 Å². The summed E-state index contributed by atoms with van der Waals surface area (Å²) in [6.45, 7) is 4.07. The first kappa shape index (κ1) is 18.3. The van der Waals surface area contributed by atoms with Crippen molar-refractivity contribution in [3.05, 3.63) is 59.7 Å². The van der Waals surface area contributed by atoms with Crippen LogP contribution in [0.5, 0.6) is 5.75 Å². The van der Waals surface area contributed by atoms with Crippen molar-refractivity contribution >= 4 is 17.6 Å². The Morgan fingerprint density at radius 2 is 1.96 bits per heavy atom. The van der Waals surface area contributed by atoms with Gasteiger partial charge in [-0.25, -0.2) is 0 Å². The van der Waals surface area contributed by atoms with Crippen LogP contribution in [-0.2, 0) is 11.2 Å². The Morgan fingerprint density at radius 3 is 2.82 bits per heavy atom. The molecule has 2 atom stereocenters. The summed E-state index contributed by atoms with van der Waals surface area (Å²) in [4.78, 5) is 16.7. The first-order valence-corrected chi connectivity index (χ1v) is 9.88. The molecule has 0 bridgehead atoms. The van der Waals surface area contributed by atoms with E-state index in [1.807, 2.05) is 43.3 Å². The summed E-state index contributed by atoms with van der Waals surface area (Å²) in [6, 6.07) is 16.1. The molecule has 2 aromatic carbocycles. The fraction of sp³-hybridized carbons (Fsp3) is 0.364. The number of carbonyl (C=O) groups excluding carboxylic acids is 1. The minimum Gasteiger partial charge on any atom is -0.488 e. The third kappa shape index (κ3) is 4.11. The molecular formula is C22H26N4O2. The lowest BCUT2D eigenvalue weighted by molar-refractivity contribution is -0.116. The number of anilines is 1. The van der Waals surface area contributed by atoms with Gasteiger partial charge < -0.3 is 20.7 Å². The lowest BCUT2D eigenvalue weighted by Gasteiger charge is -2.24. The molecule has 0 aliphatic carbocycles. The fourth-order valence-corrected chi connectivity index (χ4v) is 3.79. The number of amides is 1. The lowest BCUT2D eigenvalue weighted by Crippen LogP contribution is -2.42. The van der Waals surface area contributed by atoms with E-state index in [1.54, 1.807) is 0 Å². The SMILES string of the molecule is CCNC(=NCC1CC(=O)Nc2ccccc21)NCC1Cc2ccccc2O1. The van der Waals surface area contributed by atoms with Gasteiger partial charge in [-0.2, -0.15) is 0 Å². The minimum atomic E-state index is 0.0500. The average Bonchev–Trinajstić information content (AvgIpc) is 3.12. The summed E-state index contributed by atoms with van der Waals surface area (Å²) in [5.74, 6) is 1.87. The molecule has 2 aliphatic rings. The third-order valence-electron chi connectivity index (χ3n) is 5.13. The van der Waals surface area contributed by atoms with Crippen molar-refractivity contribution < 1.29 is 9.53 Å². The molecule has 3 N–H and O–H groups in total. The summed E-state index contributed by atoms with van der Waals surface area (Å²) >= 11 is 0. The molecule has 0 aromatic heterocycles. The number of hydrogen-bond donors (Lipinski definition) is 3. The Balaban J connectivity index is 1.38. The largest absolute Gasteiger partial charge is 0.488 e. The van der Waals surface area contributed by atoms with Crippen LogP contribution in [0.4, 0.5) is 5.69 Å². The molecule has 0 saturated carbocycles. The number of carbonyl (C=O) groups is 1. The number of fused-ring (bicyclic) bond motifs is 2. The van der Waals surface area contributed by atoms with Gasteiger partial charge in [0.15, 0.2) is 5.96 Å². The molecule has 0 saturated heterocycles. The predicted molar refractivity (Wildman–Crippen MR) is 111 cm³/mol. The number of nitrogens with zero attached hydrogens (tertiary/aromatic N) is 1. The molecule has 146 valence electrons. The topological polar surface area (TPSA) is 74.8 Å². The van der Waals surface area contributed by atoms with Crippen molar-refractivity contribution in [3.8, 4) is 5.75 Å². The van der Waals surface area contributed by atoms with E-state index in [-0.39, 0.29) is 17.9 Å². The maximum Gasteiger partial charge on any atom is 0.225 e. The van der Waals surface area contributed by atoms with Crippen molar-refractivity contribution in [3.63, 3.8) is 0 Å². The first-order valence-electron chi connectivity index (χ1n) is 9.88. The van der Waals surface area contributed by atoms with Crippen LogP contribution in [-0.4, -0.2) is 37.6 Å². The zero-order chi connectivity index (χ0) is 19.3. The van der Waals surface area contributed by atoms with Crippen molar-refractivity contribution in [2.75, 3.05) is 25.0 Å². The number of benzene rings is 2. The molecule has 2 heterocycles. The van der Waals surface area contributed by atoms with Crippen LogP contribution in [0.3, 0.4) is 0 Å². The van der Waals surface area contributed by atoms with Crippen LogP contribution >= 0.6 is 0 Å². The second kappa shape index (κ2) is 8.33. The molecule has 0 radical (unpaired) electrons. The van der Waals surface area contributed by atoms with E-state index >= 15 is 0 Å². The van der Waals surface area contributed by atoms with Gasteiger partial charge in [0.25, 0.3) is 0 Å². The van der Waals surface area contributed by atoms with E-state index in [9.17, 15) is 4.79 Å². The summed E-state index contributed by atoms with van der Waals surface area (Å²) in [7, 11) is 0. The molecule has 6 heteroatoms. The Labute approximate surface area is 165 Å². The van der Waals surface area contributed by atoms with Crippen LogP contribution in [0.1, 0.15) is 30.4 Å². The molecular weight excluding hydrogens is 352 g/mol. The molecule has 1 amide bonds. The number of guanidine groups is 1. The van der Waals surface area contributed by atoms with E-state index in [4.69, 9.17) is 9.73 Å². The van der Waals surface area contributed by atoms with Crippen LogP contribution in [0.15, 0.2) is 53.5 Å². The van der Waals surface area contributed by atoms with E-state index in [0.717, 1.165) is 35.9 Å². The lowest BCUT2D eigenvalue weighted by atomic mass is 9.91. The zero-order valence-corrected chi connectivity index (χ0v) is 16.1. The normalized spacial score (nSPS) is 20.6.